The van der Waals surface area contributed by atoms with Gasteiger partial charge in [-0.15, -0.1) is 0 Å². The molecule has 0 saturated heterocycles. The van der Waals surface area contributed by atoms with Crippen LogP contribution in [0.5, 0.6) is 0 Å². The van der Waals surface area contributed by atoms with Crippen LogP contribution < -0.4 is 4.90 Å². The first-order valence-corrected chi connectivity index (χ1v) is 21.4. The van der Waals surface area contributed by atoms with E-state index in [2.05, 4.69) is 217 Å². The summed E-state index contributed by atoms with van der Waals surface area (Å²) in [6, 6.07) is 84.3. The second-order valence-corrected chi connectivity index (χ2v) is 16.0. The maximum absolute atomic E-state index is 6.33. The van der Waals surface area contributed by atoms with E-state index in [1.807, 2.05) is 24.3 Å². The van der Waals surface area contributed by atoms with E-state index in [-0.39, 0.29) is 0 Å². The minimum absolute atomic E-state index is 0.863. The van der Waals surface area contributed by atoms with Crippen LogP contribution >= 0.6 is 0 Å². The number of benzene rings is 10. The second kappa shape index (κ2) is 15.3. The number of hydrogen-bond donors (Lipinski definition) is 0. The van der Waals surface area contributed by atoms with E-state index in [4.69, 9.17) is 8.83 Å². The molecule has 0 unspecified atom stereocenters. The summed E-state index contributed by atoms with van der Waals surface area (Å²) in [6.07, 6.45) is 0. The van der Waals surface area contributed by atoms with Crippen molar-refractivity contribution in [2.45, 2.75) is 0 Å². The predicted molar refractivity (Wildman–Crippen MR) is 263 cm³/mol. The largest absolute Gasteiger partial charge is 0.456 e. The molecular weight excluding hydrogens is 767 g/mol. The van der Waals surface area contributed by atoms with E-state index in [0.717, 1.165) is 88.8 Å². The zero-order chi connectivity index (χ0) is 41.7. The van der Waals surface area contributed by atoms with Crippen LogP contribution in [0.2, 0.25) is 0 Å². The second-order valence-electron chi connectivity index (χ2n) is 16.0. The fraction of sp³-hybridized carbons (Fsp3) is 0. The first-order valence-electron chi connectivity index (χ1n) is 21.4. The Morgan fingerprint density at radius 3 is 1.46 bits per heavy atom. The van der Waals surface area contributed by atoms with Gasteiger partial charge in [-0.25, -0.2) is 0 Å². The number of hydrogen-bond acceptors (Lipinski definition) is 3. The quantitative estimate of drug-likeness (QED) is 0.153. The highest BCUT2D eigenvalue weighted by molar-refractivity contribution is 6.08. The number of furan rings is 2. The molecule has 3 nitrogen and oxygen atoms in total. The van der Waals surface area contributed by atoms with Gasteiger partial charge in [0.05, 0.1) is 5.69 Å². The minimum Gasteiger partial charge on any atom is -0.456 e. The van der Waals surface area contributed by atoms with Gasteiger partial charge < -0.3 is 13.7 Å². The molecule has 12 aromatic rings. The molecule has 0 aliphatic rings. The van der Waals surface area contributed by atoms with E-state index in [9.17, 15) is 0 Å². The normalized spacial score (nSPS) is 11.5. The lowest BCUT2D eigenvalue weighted by Gasteiger charge is -2.29. The maximum atomic E-state index is 6.33. The van der Waals surface area contributed by atoms with Gasteiger partial charge in [-0.2, -0.15) is 0 Å². The molecule has 12 rings (SSSR count). The third-order valence-corrected chi connectivity index (χ3v) is 12.3. The molecule has 0 fully saturated rings. The lowest BCUT2D eigenvalue weighted by molar-refractivity contribution is 0.668. The van der Waals surface area contributed by atoms with Gasteiger partial charge in [-0.05, 0) is 117 Å². The zero-order valence-corrected chi connectivity index (χ0v) is 34.3. The molecule has 3 heteroatoms. The Labute approximate surface area is 365 Å². The summed E-state index contributed by atoms with van der Waals surface area (Å²) in [4.78, 5) is 2.39. The van der Waals surface area contributed by atoms with E-state index in [1.54, 1.807) is 0 Å². The summed E-state index contributed by atoms with van der Waals surface area (Å²) in [5.74, 6) is 0. The Bertz CT molecular complexity index is 3620. The van der Waals surface area contributed by atoms with Gasteiger partial charge >= 0.3 is 0 Å². The summed E-state index contributed by atoms with van der Waals surface area (Å²) in [7, 11) is 0. The number of rotatable bonds is 8. The molecule has 0 atom stereocenters. The zero-order valence-electron chi connectivity index (χ0n) is 34.3. The van der Waals surface area contributed by atoms with Crippen molar-refractivity contribution < 1.29 is 8.83 Å². The Balaban J connectivity index is 1.02. The number of anilines is 3. The van der Waals surface area contributed by atoms with Crippen molar-refractivity contribution in [3.63, 3.8) is 0 Å². The predicted octanol–water partition coefficient (Wildman–Crippen LogP) is 17.3. The average molecular weight is 806 g/mol. The van der Waals surface area contributed by atoms with Crippen molar-refractivity contribution in [1.82, 2.24) is 0 Å². The molecular formula is C60H39NO2. The Morgan fingerprint density at radius 1 is 0.238 bits per heavy atom. The Morgan fingerprint density at radius 2 is 0.714 bits per heavy atom. The van der Waals surface area contributed by atoms with Gasteiger partial charge in [0.25, 0.3) is 0 Å². The van der Waals surface area contributed by atoms with Gasteiger partial charge in [0, 0.05) is 38.5 Å². The molecule has 0 aliphatic carbocycles. The fourth-order valence-electron chi connectivity index (χ4n) is 9.28. The molecule has 0 N–H and O–H groups in total. The van der Waals surface area contributed by atoms with Crippen molar-refractivity contribution in [2.24, 2.45) is 0 Å². The molecule has 63 heavy (non-hydrogen) atoms. The van der Waals surface area contributed by atoms with E-state index in [0.29, 0.717) is 0 Å². The molecule has 2 heterocycles. The lowest BCUT2D eigenvalue weighted by atomic mass is 9.87. The highest BCUT2D eigenvalue weighted by atomic mass is 16.3. The van der Waals surface area contributed by atoms with Crippen LogP contribution in [-0.2, 0) is 0 Å². The van der Waals surface area contributed by atoms with Crippen LogP contribution in [0.25, 0.3) is 99.5 Å². The topological polar surface area (TPSA) is 29.5 Å². The third kappa shape index (κ3) is 6.46. The van der Waals surface area contributed by atoms with Gasteiger partial charge in [0.2, 0.25) is 0 Å². The summed E-state index contributed by atoms with van der Waals surface area (Å²) >= 11 is 0. The van der Waals surface area contributed by atoms with Crippen molar-refractivity contribution in [3.05, 3.63) is 237 Å². The highest BCUT2D eigenvalue weighted by Crippen LogP contribution is 2.47. The lowest BCUT2D eigenvalue weighted by Crippen LogP contribution is -2.11. The summed E-state index contributed by atoms with van der Waals surface area (Å²) in [5, 5.41) is 4.43. The number of nitrogens with zero attached hydrogens (tertiary/aromatic N) is 1. The highest BCUT2D eigenvalue weighted by Gasteiger charge is 2.22. The van der Waals surface area contributed by atoms with Crippen molar-refractivity contribution in [1.29, 1.82) is 0 Å². The molecule has 0 amide bonds. The van der Waals surface area contributed by atoms with Gasteiger partial charge in [0.1, 0.15) is 22.3 Å². The summed E-state index contributed by atoms with van der Waals surface area (Å²) < 4.78 is 12.6. The average Bonchev–Trinajstić information content (AvgIpc) is 3.93. The monoisotopic (exact) mass is 805 g/mol. The number of fused-ring (bicyclic) bond motifs is 6. The molecule has 0 aliphatic heterocycles. The first-order chi connectivity index (χ1) is 31.2. The van der Waals surface area contributed by atoms with Crippen LogP contribution in [0.15, 0.2) is 245 Å². The van der Waals surface area contributed by atoms with Crippen molar-refractivity contribution >= 4 is 60.9 Å². The van der Waals surface area contributed by atoms with Crippen LogP contribution in [0, 0.1) is 0 Å². The molecule has 0 spiro atoms. The van der Waals surface area contributed by atoms with Gasteiger partial charge in [-0.3, -0.25) is 0 Å². The van der Waals surface area contributed by atoms with E-state index in [1.165, 1.54) is 27.8 Å². The van der Waals surface area contributed by atoms with Gasteiger partial charge in [-0.1, -0.05) is 170 Å². The van der Waals surface area contributed by atoms with Crippen molar-refractivity contribution in [2.75, 3.05) is 4.90 Å². The molecule has 0 radical (unpaired) electrons. The summed E-state index contributed by atoms with van der Waals surface area (Å²) in [5.41, 5.74) is 18.2. The summed E-state index contributed by atoms with van der Waals surface area (Å²) in [6.45, 7) is 0. The SMILES string of the molecule is c1ccc(-c2ccc(-c3ccccc3-c3ccccc3N(c3ccc(-c4ccc5c(c4)oc4ccccc45)cc3)c3ccc4oc5ccccc5c4c3)c(-c3ccccc3)c2)cc1. The van der Waals surface area contributed by atoms with Crippen LogP contribution in [0.4, 0.5) is 17.1 Å². The van der Waals surface area contributed by atoms with Crippen molar-refractivity contribution in [3.8, 4) is 55.6 Å². The molecule has 10 aromatic carbocycles. The Hall–Kier alpha value is -8.40. The Kier molecular flexibility index (Phi) is 8.83. The fourth-order valence-corrected chi connectivity index (χ4v) is 9.28. The van der Waals surface area contributed by atoms with Crippen LogP contribution in [0.3, 0.4) is 0 Å². The number of para-hydroxylation sites is 3. The first kappa shape index (κ1) is 36.5. The minimum atomic E-state index is 0.863. The maximum Gasteiger partial charge on any atom is 0.136 e. The molecule has 296 valence electrons. The van der Waals surface area contributed by atoms with E-state index >= 15 is 0 Å². The molecule has 0 saturated carbocycles. The van der Waals surface area contributed by atoms with E-state index < -0.39 is 0 Å². The molecule has 2 aromatic heterocycles. The smallest absolute Gasteiger partial charge is 0.136 e. The van der Waals surface area contributed by atoms with Gasteiger partial charge in [0.15, 0.2) is 0 Å². The van der Waals surface area contributed by atoms with Crippen LogP contribution in [0.1, 0.15) is 0 Å². The molecule has 0 bridgehead atoms. The standard InChI is InChI=1S/C60H39NO2/c1-3-15-40(16-4-1)43-29-34-49(54(37-43)42-17-5-2-6-18-42)47-19-7-8-20-48(47)50-21-9-12-24-56(50)61(46-33-36-59-55(39-46)52-23-11-14-26-58(52)62-59)45-31-27-41(28-32-45)44-30-35-53-51-22-10-13-25-57(51)63-60(53)38-44/h1-39H. The van der Waals surface area contributed by atoms with Crippen LogP contribution in [-0.4, -0.2) is 0 Å². The third-order valence-electron chi connectivity index (χ3n) is 12.3.